The van der Waals surface area contributed by atoms with Crippen LogP contribution in [0.4, 0.5) is 0 Å². The van der Waals surface area contributed by atoms with E-state index in [4.69, 9.17) is 4.84 Å². The van der Waals surface area contributed by atoms with Crippen molar-refractivity contribution in [2.75, 3.05) is 0 Å². The third-order valence-electron chi connectivity index (χ3n) is 1.64. The molecule has 1 aromatic carbocycles. The minimum absolute atomic E-state index is 0.169. The van der Waals surface area contributed by atoms with Gasteiger partial charge in [0.25, 0.3) is 10.2 Å². The number of benzene rings is 1. The second kappa shape index (κ2) is 5.95. The number of nitrogens with one attached hydrogen (secondary N) is 2. The van der Waals surface area contributed by atoms with Crippen molar-refractivity contribution < 1.29 is 13.3 Å². The predicted molar refractivity (Wildman–Crippen MR) is 61.6 cm³/mol. The molecule has 0 unspecified atom stereocenters. The van der Waals surface area contributed by atoms with E-state index in [1.165, 1.54) is 0 Å². The van der Waals surface area contributed by atoms with Crippen LogP contribution in [0, 0.1) is 0 Å². The van der Waals surface area contributed by atoms with E-state index in [0.717, 1.165) is 5.56 Å². The molecule has 0 fully saturated rings. The summed E-state index contributed by atoms with van der Waals surface area (Å²) in [6, 6.07) is 9.14. The third kappa shape index (κ3) is 5.22. The number of hydrogen-bond donors (Lipinski definition) is 2. The molecule has 0 aliphatic rings. The summed E-state index contributed by atoms with van der Waals surface area (Å²) < 4.78 is 24.9. The molecule has 1 rings (SSSR count). The molecule has 0 saturated carbocycles. The van der Waals surface area contributed by atoms with Gasteiger partial charge in [0.05, 0.1) is 6.61 Å². The van der Waals surface area contributed by atoms with Gasteiger partial charge in [0.15, 0.2) is 0 Å². The van der Waals surface area contributed by atoms with E-state index >= 15 is 0 Å². The van der Waals surface area contributed by atoms with Crippen molar-refractivity contribution in [2.45, 2.75) is 26.5 Å². The molecule has 90 valence electrons. The van der Waals surface area contributed by atoms with E-state index in [0.29, 0.717) is 0 Å². The van der Waals surface area contributed by atoms with Crippen molar-refractivity contribution >= 4 is 10.2 Å². The van der Waals surface area contributed by atoms with Crippen LogP contribution in [0.1, 0.15) is 19.4 Å². The molecule has 6 heteroatoms. The van der Waals surface area contributed by atoms with Crippen LogP contribution < -0.4 is 9.61 Å². The molecule has 5 nitrogen and oxygen atoms in total. The molecule has 0 spiro atoms. The molecule has 0 aliphatic heterocycles. The van der Waals surface area contributed by atoms with Gasteiger partial charge in [-0.15, -0.1) is 0 Å². The van der Waals surface area contributed by atoms with E-state index in [9.17, 15) is 8.42 Å². The fraction of sp³-hybridized carbons (Fsp3) is 0.400. The summed E-state index contributed by atoms with van der Waals surface area (Å²) >= 11 is 0. The Morgan fingerprint density at radius 3 is 2.44 bits per heavy atom. The molecule has 0 atom stereocenters. The quantitative estimate of drug-likeness (QED) is 0.732. The minimum atomic E-state index is -3.57. The molecule has 0 aromatic heterocycles. The topological polar surface area (TPSA) is 67.4 Å². The maximum Gasteiger partial charge on any atom is 0.299 e. The maximum absolute atomic E-state index is 11.3. The molecule has 0 amide bonds. The highest BCUT2D eigenvalue weighted by Crippen LogP contribution is 1.99. The van der Waals surface area contributed by atoms with Gasteiger partial charge in [-0.1, -0.05) is 35.2 Å². The second-order valence-electron chi connectivity index (χ2n) is 3.63. The van der Waals surface area contributed by atoms with Crippen LogP contribution in [-0.2, 0) is 21.7 Å². The lowest BCUT2D eigenvalue weighted by atomic mass is 10.2. The first-order chi connectivity index (χ1) is 7.49. The Kier molecular flexibility index (Phi) is 4.88. The van der Waals surface area contributed by atoms with Gasteiger partial charge in [-0.05, 0) is 19.4 Å². The van der Waals surface area contributed by atoms with Crippen molar-refractivity contribution in [1.82, 2.24) is 9.61 Å². The summed E-state index contributed by atoms with van der Waals surface area (Å²) in [6.07, 6.45) is 0. The summed E-state index contributed by atoms with van der Waals surface area (Å²) in [5, 5.41) is 0. The van der Waals surface area contributed by atoms with Gasteiger partial charge >= 0.3 is 0 Å². The molecular formula is C10H16N2O3S. The summed E-state index contributed by atoms with van der Waals surface area (Å²) in [4.78, 5) is 6.88. The summed E-state index contributed by atoms with van der Waals surface area (Å²) in [5.41, 5.74) is 0.898. The molecular weight excluding hydrogens is 228 g/mol. The van der Waals surface area contributed by atoms with Gasteiger partial charge in [-0.3, -0.25) is 4.84 Å². The number of hydrogen-bond acceptors (Lipinski definition) is 3. The van der Waals surface area contributed by atoms with Crippen molar-refractivity contribution in [3.63, 3.8) is 0 Å². The maximum atomic E-state index is 11.3. The molecule has 0 bridgehead atoms. The van der Waals surface area contributed by atoms with Crippen LogP contribution in [0.5, 0.6) is 0 Å². The van der Waals surface area contributed by atoms with Crippen LogP contribution in [0.2, 0.25) is 0 Å². The van der Waals surface area contributed by atoms with Gasteiger partial charge in [-0.25, -0.2) is 0 Å². The zero-order valence-corrected chi connectivity index (χ0v) is 10.1. The van der Waals surface area contributed by atoms with Gasteiger partial charge in [0.1, 0.15) is 0 Å². The Labute approximate surface area is 96.0 Å². The Hall–Kier alpha value is -0.950. The third-order valence-corrected chi connectivity index (χ3v) is 2.76. The first-order valence-electron chi connectivity index (χ1n) is 4.94. The van der Waals surface area contributed by atoms with Crippen LogP contribution in [0.15, 0.2) is 30.3 Å². The molecule has 0 saturated heterocycles. The van der Waals surface area contributed by atoms with Gasteiger partial charge in [-0.2, -0.15) is 13.1 Å². The highest BCUT2D eigenvalue weighted by atomic mass is 32.2. The summed E-state index contributed by atoms with van der Waals surface area (Å²) in [7, 11) is -3.57. The molecule has 16 heavy (non-hydrogen) atoms. The zero-order valence-electron chi connectivity index (χ0n) is 9.30. The Morgan fingerprint density at radius 1 is 1.25 bits per heavy atom. The lowest BCUT2D eigenvalue weighted by molar-refractivity contribution is 0.0784. The SMILES string of the molecule is CC(C)NS(=O)(=O)NOCc1ccccc1. The molecule has 0 heterocycles. The first-order valence-corrected chi connectivity index (χ1v) is 6.43. The Morgan fingerprint density at radius 2 is 1.88 bits per heavy atom. The first kappa shape index (κ1) is 13.1. The largest absolute Gasteiger partial charge is 0.299 e. The van der Waals surface area contributed by atoms with Crippen LogP contribution >= 0.6 is 0 Å². The van der Waals surface area contributed by atoms with Crippen molar-refractivity contribution in [3.8, 4) is 0 Å². The predicted octanol–water partition coefficient (Wildman–Crippen LogP) is 0.951. The van der Waals surface area contributed by atoms with E-state index < -0.39 is 10.2 Å². The standard InChI is InChI=1S/C10H16N2O3S/c1-9(2)11-16(13,14)12-15-8-10-6-4-3-5-7-10/h3-7,9,11-12H,8H2,1-2H3. The smallest absolute Gasteiger partial charge is 0.281 e. The van der Waals surface area contributed by atoms with E-state index in [1.54, 1.807) is 13.8 Å². The van der Waals surface area contributed by atoms with Crippen LogP contribution in [0.25, 0.3) is 0 Å². The fourth-order valence-electron chi connectivity index (χ4n) is 1.10. The minimum Gasteiger partial charge on any atom is -0.281 e. The summed E-state index contributed by atoms with van der Waals surface area (Å²) in [6.45, 7) is 3.66. The molecule has 0 radical (unpaired) electrons. The molecule has 0 aliphatic carbocycles. The van der Waals surface area contributed by atoms with Crippen molar-refractivity contribution in [1.29, 1.82) is 0 Å². The van der Waals surface area contributed by atoms with E-state index in [1.807, 2.05) is 35.2 Å². The van der Waals surface area contributed by atoms with E-state index in [-0.39, 0.29) is 12.6 Å². The van der Waals surface area contributed by atoms with Crippen LogP contribution in [-0.4, -0.2) is 14.5 Å². The van der Waals surface area contributed by atoms with Gasteiger partial charge < -0.3 is 0 Å². The summed E-state index contributed by atoms with van der Waals surface area (Å²) in [5.74, 6) is 0. The molecule has 1 aromatic rings. The normalized spacial score (nSPS) is 11.9. The molecule has 2 N–H and O–H groups in total. The Bertz CT molecular complexity index is 403. The van der Waals surface area contributed by atoms with Crippen molar-refractivity contribution in [2.24, 2.45) is 0 Å². The average Bonchev–Trinajstić information content (AvgIpc) is 2.16. The lowest BCUT2D eigenvalue weighted by Gasteiger charge is -2.10. The zero-order chi connectivity index (χ0) is 12.0. The van der Waals surface area contributed by atoms with Gasteiger partial charge in [0.2, 0.25) is 0 Å². The fourth-order valence-corrected chi connectivity index (χ4v) is 1.98. The monoisotopic (exact) mass is 244 g/mol. The second-order valence-corrected chi connectivity index (χ2v) is 5.04. The van der Waals surface area contributed by atoms with Gasteiger partial charge in [0, 0.05) is 6.04 Å². The lowest BCUT2D eigenvalue weighted by Crippen LogP contribution is -2.40. The number of rotatable bonds is 6. The van der Waals surface area contributed by atoms with E-state index in [2.05, 4.69) is 4.72 Å². The van der Waals surface area contributed by atoms with Crippen molar-refractivity contribution in [3.05, 3.63) is 35.9 Å². The highest BCUT2D eigenvalue weighted by molar-refractivity contribution is 7.87. The Balaban J connectivity index is 2.36. The van der Waals surface area contributed by atoms with Crippen LogP contribution in [0.3, 0.4) is 0 Å². The average molecular weight is 244 g/mol. The highest BCUT2D eigenvalue weighted by Gasteiger charge is 2.10.